The molecule has 2 aromatic rings. The van der Waals surface area contributed by atoms with Crippen LogP contribution in [0.5, 0.6) is 0 Å². The van der Waals surface area contributed by atoms with Gasteiger partial charge >= 0.3 is 0 Å². The van der Waals surface area contributed by atoms with Crippen LogP contribution in [-0.2, 0) is 11.8 Å². The van der Waals surface area contributed by atoms with E-state index in [4.69, 9.17) is 0 Å². The fourth-order valence-corrected chi connectivity index (χ4v) is 2.92. The average Bonchev–Trinajstić information content (AvgIpc) is 2.78. The number of allylic oxidation sites excluding steroid dienone is 2. The minimum atomic E-state index is -0.00204. The number of hydrogen-bond acceptors (Lipinski definition) is 2. The largest absolute Gasteiger partial charge is 0.244 e. The summed E-state index contributed by atoms with van der Waals surface area (Å²) in [7, 11) is 0. The summed E-state index contributed by atoms with van der Waals surface area (Å²) in [5, 5.41) is 0. The van der Waals surface area contributed by atoms with Crippen molar-refractivity contribution in [1.82, 2.24) is 9.97 Å². The van der Waals surface area contributed by atoms with Gasteiger partial charge in [0.05, 0.1) is 5.69 Å². The molecule has 0 aliphatic heterocycles. The fraction of sp³-hybridized carbons (Fsp3) is 0.125. The van der Waals surface area contributed by atoms with E-state index in [0.717, 1.165) is 17.7 Å². The Labute approximate surface area is 106 Å². The Kier molecular flexibility index (Phi) is 1.84. The maximum atomic E-state index is 4.41. The maximum Gasteiger partial charge on any atom is 0.115 e. The molecule has 1 heterocycles. The average molecular weight is 232 g/mol. The van der Waals surface area contributed by atoms with Crippen molar-refractivity contribution >= 4 is 12.2 Å². The Balaban J connectivity index is 1.89. The Bertz CT molecular complexity index is 685. The highest BCUT2D eigenvalue weighted by molar-refractivity contribution is 5.71. The van der Waals surface area contributed by atoms with Gasteiger partial charge in [-0.2, -0.15) is 0 Å². The second-order valence-electron chi connectivity index (χ2n) is 4.90. The van der Waals surface area contributed by atoms with Gasteiger partial charge in [0, 0.05) is 23.6 Å². The number of hydrogen-bond donors (Lipinski definition) is 0. The molecule has 0 saturated carbocycles. The van der Waals surface area contributed by atoms with Crippen LogP contribution in [-0.4, -0.2) is 9.97 Å². The van der Waals surface area contributed by atoms with E-state index in [9.17, 15) is 0 Å². The van der Waals surface area contributed by atoms with E-state index in [0.29, 0.717) is 0 Å². The van der Waals surface area contributed by atoms with Gasteiger partial charge in [0.15, 0.2) is 0 Å². The van der Waals surface area contributed by atoms with E-state index in [1.165, 1.54) is 11.1 Å². The van der Waals surface area contributed by atoms with Gasteiger partial charge in [-0.25, -0.2) is 9.97 Å². The van der Waals surface area contributed by atoms with Gasteiger partial charge in [0.2, 0.25) is 0 Å². The van der Waals surface area contributed by atoms with Crippen LogP contribution in [0.15, 0.2) is 48.9 Å². The third-order valence-corrected chi connectivity index (χ3v) is 3.87. The first kappa shape index (κ1) is 9.77. The molecule has 2 aliphatic rings. The molecule has 86 valence electrons. The minimum absolute atomic E-state index is 0.00204. The predicted octanol–water partition coefficient (Wildman–Crippen LogP) is 3.01. The third-order valence-electron chi connectivity index (χ3n) is 3.87. The van der Waals surface area contributed by atoms with Crippen LogP contribution in [0.3, 0.4) is 0 Å². The van der Waals surface area contributed by atoms with E-state index < -0.39 is 0 Å². The van der Waals surface area contributed by atoms with Crippen molar-refractivity contribution < 1.29 is 0 Å². The second-order valence-corrected chi connectivity index (χ2v) is 4.90. The van der Waals surface area contributed by atoms with E-state index in [1.807, 2.05) is 6.20 Å². The molecule has 0 bridgehead atoms. The highest BCUT2D eigenvalue weighted by Crippen LogP contribution is 2.42. The maximum absolute atomic E-state index is 4.41. The van der Waals surface area contributed by atoms with Crippen molar-refractivity contribution in [3.63, 3.8) is 0 Å². The summed E-state index contributed by atoms with van der Waals surface area (Å²) in [6, 6.07) is 8.58. The molecule has 18 heavy (non-hydrogen) atoms. The molecule has 1 unspecified atom stereocenters. The lowest BCUT2D eigenvalue weighted by molar-refractivity contribution is 0.654. The van der Waals surface area contributed by atoms with E-state index >= 15 is 0 Å². The van der Waals surface area contributed by atoms with Crippen LogP contribution in [0.2, 0.25) is 0 Å². The fourth-order valence-electron chi connectivity index (χ4n) is 2.92. The normalized spacial score (nSPS) is 23.1. The molecular formula is C16H12N2. The SMILES string of the molecule is C1=CC2(C=Cc3cncnc3C2)c2ccccc21. The summed E-state index contributed by atoms with van der Waals surface area (Å²) in [5.41, 5.74) is 4.97. The Morgan fingerprint density at radius 2 is 1.83 bits per heavy atom. The van der Waals surface area contributed by atoms with Crippen molar-refractivity contribution in [3.8, 4) is 0 Å². The standard InChI is InChI=1S/C16H12N2/c1-2-4-14-12(3-1)5-7-16(14)8-6-13-10-17-11-18-15(13)9-16/h1-8,10-11H,9H2. The first-order chi connectivity index (χ1) is 8.87. The van der Waals surface area contributed by atoms with Gasteiger partial charge in [-0.1, -0.05) is 48.6 Å². The van der Waals surface area contributed by atoms with Crippen LogP contribution < -0.4 is 0 Å². The summed E-state index contributed by atoms with van der Waals surface area (Å²) < 4.78 is 0. The molecule has 1 aromatic carbocycles. The first-order valence-corrected chi connectivity index (χ1v) is 6.14. The van der Waals surface area contributed by atoms with Crippen LogP contribution in [0.1, 0.15) is 22.4 Å². The van der Waals surface area contributed by atoms with Crippen LogP contribution >= 0.6 is 0 Å². The van der Waals surface area contributed by atoms with Gasteiger partial charge in [0.1, 0.15) is 6.33 Å². The smallest absolute Gasteiger partial charge is 0.115 e. The molecule has 0 fully saturated rings. The van der Waals surface area contributed by atoms with Crippen LogP contribution in [0.4, 0.5) is 0 Å². The first-order valence-electron chi connectivity index (χ1n) is 6.14. The highest BCUT2D eigenvalue weighted by Gasteiger charge is 2.35. The molecule has 2 aliphatic carbocycles. The number of benzene rings is 1. The molecule has 2 nitrogen and oxygen atoms in total. The van der Waals surface area contributed by atoms with Gasteiger partial charge in [-0.15, -0.1) is 0 Å². The Morgan fingerprint density at radius 3 is 2.78 bits per heavy atom. The quantitative estimate of drug-likeness (QED) is 0.697. The van der Waals surface area contributed by atoms with Gasteiger partial charge in [-0.05, 0) is 11.1 Å². The zero-order valence-electron chi connectivity index (χ0n) is 9.88. The molecule has 0 amide bonds. The summed E-state index contributed by atoms with van der Waals surface area (Å²) in [6.07, 6.45) is 13.4. The molecule has 0 saturated heterocycles. The van der Waals surface area contributed by atoms with E-state index in [2.05, 4.69) is 58.5 Å². The second kappa shape index (κ2) is 3.39. The van der Waals surface area contributed by atoms with Crippen molar-refractivity contribution in [3.05, 3.63) is 71.3 Å². The Hall–Kier alpha value is -2.22. The van der Waals surface area contributed by atoms with Crippen molar-refractivity contribution in [2.24, 2.45) is 0 Å². The third kappa shape index (κ3) is 1.23. The van der Waals surface area contributed by atoms with Crippen molar-refractivity contribution in [2.75, 3.05) is 0 Å². The lowest BCUT2D eigenvalue weighted by Crippen LogP contribution is -2.25. The molecule has 1 spiro atoms. The molecule has 4 rings (SSSR count). The van der Waals surface area contributed by atoms with Crippen molar-refractivity contribution in [2.45, 2.75) is 11.8 Å². The summed E-state index contributed by atoms with van der Waals surface area (Å²) in [4.78, 5) is 8.49. The van der Waals surface area contributed by atoms with Gasteiger partial charge in [-0.3, -0.25) is 0 Å². The zero-order valence-corrected chi connectivity index (χ0v) is 9.88. The number of fused-ring (bicyclic) bond motifs is 3. The summed E-state index contributed by atoms with van der Waals surface area (Å²) in [5.74, 6) is 0. The van der Waals surface area contributed by atoms with Crippen LogP contribution in [0, 0.1) is 0 Å². The topological polar surface area (TPSA) is 25.8 Å². The monoisotopic (exact) mass is 232 g/mol. The van der Waals surface area contributed by atoms with E-state index in [1.54, 1.807) is 6.33 Å². The molecule has 0 N–H and O–H groups in total. The van der Waals surface area contributed by atoms with Crippen molar-refractivity contribution in [1.29, 1.82) is 0 Å². The lowest BCUT2D eigenvalue weighted by Gasteiger charge is -2.29. The summed E-state index contributed by atoms with van der Waals surface area (Å²) >= 11 is 0. The van der Waals surface area contributed by atoms with E-state index in [-0.39, 0.29) is 5.41 Å². The molecular weight excluding hydrogens is 220 g/mol. The minimum Gasteiger partial charge on any atom is -0.244 e. The molecule has 0 radical (unpaired) electrons. The Morgan fingerprint density at radius 1 is 1.00 bits per heavy atom. The van der Waals surface area contributed by atoms with Crippen LogP contribution in [0.25, 0.3) is 12.2 Å². The van der Waals surface area contributed by atoms with Gasteiger partial charge in [0.25, 0.3) is 0 Å². The predicted molar refractivity (Wildman–Crippen MR) is 71.9 cm³/mol. The number of rotatable bonds is 0. The molecule has 1 aromatic heterocycles. The molecule has 2 heteroatoms. The lowest BCUT2D eigenvalue weighted by atomic mass is 9.75. The molecule has 1 atom stereocenters. The number of aromatic nitrogens is 2. The zero-order chi connectivity index (χ0) is 12.0. The summed E-state index contributed by atoms with van der Waals surface area (Å²) in [6.45, 7) is 0. The number of nitrogens with zero attached hydrogens (tertiary/aromatic N) is 2. The van der Waals surface area contributed by atoms with Gasteiger partial charge < -0.3 is 0 Å². The highest BCUT2D eigenvalue weighted by atomic mass is 14.8.